The summed E-state index contributed by atoms with van der Waals surface area (Å²) >= 11 is 18.5. The average molecular weight is 292 g/mol. The van der Waals surface area contributed by atoms with Gasteiger partial charge in [0.15, 0.2) is 0 Å². The van der Waals surface area contributed by atoms with Crippen LogP contribution in [0.25, 0.3) is 0 Å². The molecule has 2 rings (SSSR count). The summed E-state index contributed by atoms with van der Waals surface area (Å²) in [6, 6.07) is 5.74. The van der Waals surface area contributed by atoms with Crippen molar-refractivity contribution in [2.75, 3.05) is 0 Å². The van der Waals surface area contributed by atoms with Crippen LogP contribution in [0, 0.1) is 11.8 Å². The Morgan fingerprint density at radius 1 is 1.24 bits per heavy atom. The molecule has 0 saturated heterocycles. The maximum Gasteiger partial charge on any atom is 0.0452 e. The van der Waals surface area contributed by atoms with Crippen molar-refractivity contribution < 1.29 is 0 Å². The van der Waals surface area contributed by atoms with Gasteiger partial charge in [0, 0.05) is 15.4 Å². The van der Waals surface area contributed by atoms with Crippen molar-refractivity contribution in [2.45, 2.75) is 38.0 Å². The van der Waals surface area contributed by atoms with Crippen molar-refractivity contribution in [2.24, 2.45) is 11.8 Å². The van der Waals surface area contributed by atoms with Crippen LogP contribution in [0.1, 0.15) is 31.7 Å². The first-order valence-electron chi connectivity index (χ1n) is 6.14. The van der Waals surface area contributed by atoms with Crippen LogP contribution in [0.4, 0.5) is 0 Å². The minimum absolute atomic E-state index is 0.290. The SMILES string of the molecule is CC1CCC(Cl)C(Cc2ccc(Cl)cc2Cl)C1. The molecule has 1 aromatic rings. The van der Waals surface area contributed by atoms with E-state index in [0.717, 1.165) is 23.8 Å². The van der Waals surface area contributed by atoms with E-state index in [4.69, 9.17) is 34.8 Å². The summed E-state index contributed by atoms with van der Waals surface area (Å²) in [4.78, 5) is 0. The predicted octanol–water partition coefficient (Wildman–Crippen LogP) is 5.58. The number of rotatable bonds is 2. The molecule has 3 unspecified atom stereocenters. The van der Waals surface area contributed by atoms with Crippen LogP contribution in [-0.4, -0.2) is 5.38 Å². The lowest BCUT2D eigenvalue weighted by Crippen LogP contribution is -2.26. The third kappa shape index (κ3) is 3.53. The van der Waals surface area contributed by atoms with Crippen molar-refractivity contribution in [3.8, 4) is 0 Å². The molecule has 1 aliphatic rings. The molecule has 3 heteroatoms. The molecule has 1 saturated carbocycles. The smallest absolute Gasteiger partial charge is 0.0452 e. The van der Waals surface area contributed by atoms with Gasteiger partial charge < -0.3 is 0 Å². The molecule has 1 aliphatic carbocycles. The molecule has 17 heavy (non-hydrogen) atoms. The van der Waals surface area contributed by atoms with E-state index in [1.54, 1.807) is 0 Å². The van der Waals surface area contributed by atoms with Crippen LogP contribution in [0.15, 0.2) is 18.2 Å². The van der Waals surface area contributed by atoms with E-state index >= 15 is 0 Å². The molecule has 0 aliphatic heterocycles. The van der Waals surface area contributed by atoms with Crippen LogP contribution in [0.2, 0.25) is 10.0 Å². The zero-order valence-corrected chi connectivity index (χ0v) is 12.2. The fourth-order valence-electron chi connectivity index (χ4n) is 2.64. The van der Waals surface area contributed by atoms with Gasteiger partial charge in [-0.2, -0.15) is 0 Å². The van der Waals surface area contributed by atoms with Gasteiger partial charge in [0.1, 0.15) is 0 Å². The van der Waals surface area contributed by atoms with E-state index in [2.05, 4.69) is 6.92 Å². The first-order chi connectivity index (χ1) is 8.06. The van der Waals surface area contributed by atoms with Gasteiger partial charge in [0.25, 0.3) is 0 Å². The highest BCUT2D eigenvalue weighted by atomic mass is 35.5. The second-order valence-corrected chi connectivity index (χ2v) is 6.54. The number of halogens is 3. The molecular formula is C14H17Cl3. The largest absolute Gasteiger partial charge is 0.123 e. The molecular weight excluding hydrogens is 275 g/mol. The number of alkyl halides is 1. The molecule has 0 heterocycles. The quantitative estimate of drug-likeness (QED) is 0.624. The third-order valence-corrected chi connectivity index (χ3v) is 4.81. The normalized spacial score (nSPS) is 29.3. The zero-order chi connectivity index (χ0) is 12.4. The summed E-state index contributed by atoms with van der Waals surface area (Å²) < 4.78 is 0. The molecule has 3 atom stereocenters. The lowest BCUT2D eigenvalue weighted by Gasteiger charge is -2.31. The highest BCUT2D eigenvalue weighted by molar-refractivity contribution is 6.35. The zero-order valence-electron chi connectivity index (χ0n) is 9.93. The third-order valence-electron chi connectivity index (χ3n) is 3.65. The molecule has 1 fully saturated rings. The molecule has 1 aromatic carbocycles. The molecule has 94 valence electrons. The van der Waals surface area contributed by atoms with Crippen LogP contribution in [-0.2, 0) is 6.42 Å². The van der Waals surface area contributed by atoms with Gasteiger partial charge in [-0.1, -0.05) is 36.2 Å². The second kappa shape index (κ2) is 5.82. The lowest BCUT2D eigenvalue weighted by molar-refractivity contribution is 0.287. The van der Waals surface area contributed by atoms with E-state index in [1.807, 2.05) is 18.2 Å². The highest BCUT2D eigenvalue weighted by Crippen LogP contribution is 2.36. The topological polar surface area (TPSA) is 0 Å². The highest BCUT2D eigenvalue weighted by Gasteiger charge is 2.27. The Kier molecular flexibility index (Phi) is 4.63. The molecule has 0 spiro atoms. The standard InChI is InChI=1S/C14H17Cl3/c1-9-2-5-13(16)11(6-9)7-10-3-4-12(15)8-14(10)17/h3-4,8-9,11,13H,2,5-7H2,1H3. The van der Waals surface area contributed by atoms with E-state index in [-0.39, 0.29) is 5.38 Å². The van der Waals surface area contributed by atoms with E-state index < -0.39 is 0 Å². The molecule has 0 bridgehead atoms. The van der Waals surface area contributed by atoms with Gasteiger partial charge in [-0.3, -0.25) is 0 Å². The number of hydrogen-bond acceptors (Lipinski definition) is 0. The Hall–Kier alpha value is 0.0900. The lowest BCUT2D eigenvalue weighted by atomic mass is 9.79. The minimum Gasteiger partial charge on any atom is -0.123 e. The first-order valence-corrected chi connectivity index (χ1v) is 7.33. The van der Waals surface area contributed by atoms with Crippen LogP contribution in [0.3, 0.4) is 0 Å². The van der Waals surface area contributed by atoms with Gasteiger partial charge in [-0.05, 0) is 55.2 Å². The van der Waals surface area contributed by atoms with Gasteiger partial charge >= 0.3 is 0 Å². The second-order valence-electron chi connectivity index (χ2n) is 5.13. The van der Waals surface area contributed by atoms with Gasteiger partial charge in [-0.25, -0.2) is 0 Å². The summed E-state index contributed by atoms with van der Waals surface area (Å²) in [6.07, 6.45) is 4.54. The summed E-state index contributed by atoms with van der Waals surface area (Å²) in [6.45, 7) is 2.30. The average Bonchev–Trinajstić information content (AvgIpc) is 2.27. The minimum atomic E-state index is 0.290. The van der Waals surface area contributed by atoms with Gasteiger partial charge in [-0.15, -0.1) is 11.6 Å². The van der Waals surface area contributed by atoms with E-state index in [9.17, 15) is 0 Å². The van der Waals surface area contributed by atoms with Crippen LogP contribution >= 0.6 is 34.8 Å². The Morgan fingerprint density at radius 2 is 2.00 bits per heavy atom. The van der Waals surface area contributed by atoms with Crippen LogP contribution in [0.5, 0.6) is 0 Å². The summed E-state index contributed by atoms with van der Waals surface area (Å²) in [7, 11) is 0. The van der Waals surface area contributed by atoms with Crippen LogP contribution < -0.4 is 0 Å². The van der Waals surface area contributed by atoms with Crippen molar-refractivity contribution in [3.63, 3.8) is 0 Å². The molecule has 0 nitrogen and oxygen atoms in total. The maximum atomic E-state index is 6.41. The summed E-state index contributed by atoms with van der Waals surface area (Å²) in [5.74, 6) is 1.32. The summed E-state index contributed by atoms with van der Waals surface area (Å²) in [5.41, 5.74) is 1.17. The predicted molar refractivity (Wildman–Crippen MR) is 76.3 cm³/mol. The van der Waals surface area contributed by atoms with Crippen molar-refractivity contribution in [1.82, 2.24) is 0 Å². The molecule has 0 aromatic heterocycles. The fourth-order valence-corrected chi connectivity index (χ4v) is 3.45. The van der Waals surface area contributed by atoms with E-state index in [0.29, 0.717) is 10.9 Å². The Morgan fingerprint density at radius 3 is 2.71 bits per heavy atom. The Labute approximate surface area is 118 Å². The van der Waals surface area contributed by atoms with Crippen molar-refractivity contribution in [3.05, 3.63) is 33.8 Å². The van der Waals surface area contributed by atoms with Gasteiger partial charge in [0.05, 0.1) is 0 Å². The van der Waals surface area contributed by atoms with Gasteiger partial charge in [0.2, 0.25) is 0 Å². The van der Waals surface area contributed by atoms with Crippen molar-refractivity contribution >= 4 is 34.8 Å². The molecule has 0 N–H and O–H groups in total. The number of benzene rings is 1. The fraction of sp³-hybridized carbons (Fsp3) is 0.571. The first kappa shape index (κ1) is 13.5. The van der Waals surface area contributed by atoms with Crippen molar-refractivity contribution in [1.29, 1.82) is 0 Å². The Balaban J connectivity index is 2.08. The monoisotopic (exact) mass is 290 g/mol. The maximum absolute atomic E-state index is 6.41. The molecule has 0 radical (unpaired) electrons. The van der Waals surface area contributed by atoms with E-state index in [1.165, 1.54) is 18.4 Å². The number of hydrogen-bond donors (Lipinski definition) is 0. The Bertz CT molecular complexity index is 389. The molecule has 0 amide bonds. The summed E-state index contributed by atoms with van der Waals surface area (Å²) in [5, 5.41) is 1.75.